The fourth-order valence-corrected chi connectivity index (χ4v) is 0. The fourth-order valence-electron chi connectivity index (χ4n) is 0. The van der Waals surface area contributed by atoms with Crippen molar-refractivity contribution in [1.29, 1.82) is 0 Å². The molecule has 2 nitrogen and oxygen atoms in total. The van der Waals surface area contributed by atoms with Crippen molar-refractivity contribution in [3.05, 3.63) is 12.2 Å². The average molecular weight is 76.1 g/mol. The molecule has 3 heteroatoms. The van der Waals surface area contributed by atoms with Gasteiger partial charge in [0.05, 0.1) is 0 Å². The van der Waals surface area contributed by atoms with Gasteiger partial charge in [0.2, 0.25) is 0 Å². The number of hydrogen-bond acceptors (Lipinski definition) is 2. The van der Waals surface area contributed by atoms with Gasteiger partial charge in [-0.25, -0.2) is 0 Å². The van der Waals surface area contributed by atoms with Crippen LogP contribution in [0.5, 0.6) is 0 Å². The molecule has 30 valence electrons. The van der Waals surface area contributed by atoms with E-state index in [4.69, 9.17) is 0 Å². The van der Waals surface area contributed by atoms with Crippen molar-refractivity contribution in [1.82, 2.24) is 0 Å². The van der Waals surface area contributed by atoms with Gasteiger partial charge in [0.15, 0.2) is 5.95 Å². The first-order valence-corrected chi connectivity index (χ1v) is 1.10. The van der Waals surface area contributed by atoms with E-state index in [0.717, 1.165) is 0 Å². The Morgan fingerprint density at radius 3 is 2.00 bits per heavy atom. The molecule has 0 aliphatic rings. The van der Waals surface area contributed by atoms with Crippen LogP contribution in [0.25, 0.3) is 0 Å². The molecule has 0 aromatic heterocycles. The molecular weight excluding hydrogens is 71.0 g/mol. The lowest BCUT2D eigenvalue weighted by Gasteiger charge is -1.71. The third-order valence-electron chi connectivity index (χ3n) is 0.159. The van der Waals surface area contributed by atoms with Crippen LogP contribution in [-0.2, 0) is 0 Å². The van der Waals surface area contributed by atoms with E-state index in [-0.39, 0.29) is 0 Å². The Balaban J connectivity index is 3.14. The molecule has 5 heavy (non-hydrogen) atoms. The predicted octanol–water partition coefficient (Wildman–Crippen LogP) is -0.328. The Hall–Kier alpha value is -0.730. The zero-order valence-corrected chi connectivity index (χ0v) is 2.61. The Morgan fingerprint density at radius 2 is 2.00 bits per heavy atom. The summed E-state index contributed by atoms with van der Waals surface area (Å²) in [6.45, 7) is 0. The minimum absolute atomic E-state index is 0.694. The van der Waals surface area contributed by atoms with Crippen molar-refractivity contribution >= 4 is 0 Å². The highest BCUT2D eigenvalue weighted by molar-refractivity contribution is 4.77. The van der Waals surface area contributed by atoms with E-state index in [1.165, 1.54) is 0 Å². The topological polar surface area (TPSA) is 52.0 Å². The van der Waals surface area contributed by atoms with Crippen LogP contribution >= 0.6 is 0 Å². The molecule has 0 aromatic carbocycles. The summed E-state index contributed by atoms with van der Waals surface area (Å²) in [6.07, 6.45) is 0.694. The van der Waals surface area contributed by atoms with Crippen molar-refractivity contribution in [2.75, 3.05) is 0 Å². The summed E-state index contributed by atoms with van der Waals surface area (Å²) in [6, 6.07) is 0. The molecule has 0 saturated carbocycles. The van der Waals surface area contributed by atoms with E-state index in [1.807, 2.05) is 0 Å². The zero-order chi connectivity index (χ0) is 4.28. The summed E-state index contributed by atoms with van der Waals surface area (Å²) in [5, 5.41) is 0. The van der Waals surface area contributed by atoms with Crippen LogP contribution in [0.3, 0.4) is 0 Å². The summed E-state index contributed by atoms with van der Waals surface area (Å²) >= 11 is 0. The van der Waals surface area contributed by atoms with Gasteiger partial charge in [-0.05, 0) is 0 Å². The van der Waals surface area contributed by atoms with Crippen molar-refractivity contribution in [2.45, 2.75) is 0 Å². The molecule has 0 heterocycles. The van der Waals surface area contributed by atoms with Crippen LogP contribution in [-0.4, -0.2) is 0 Å². The van der Waals surface area contributed by atoms with Gasteiger partial charge < -0.3 is 11.5 Å². The maximum Gasteiger partial charge on any atom is 0.200 e. The molecule has 0 aliphatic carbocycles. The van der Waals surface area contributed by atoms with E-state index >= 15 is 0 Å². The van der Waals surface area contributed by atoms with Crippen LogP contribution in [0.15, 0.2) is 12.2 Å². The molecular formula is C2H5FN2. The van der Waals surface area contributed by atoms with Crippen molar-refractivity contribution in [3.8, 4) is 0 Å². The van der Waals surface area contributed by atoms with Crippen LogP contribution in [0, 0.1) is 0 Å². The summed E-state index contributed by atoms with van der Waals surface area (Å²) in [7, 11) is 0. The Morgan fingerprint density at radius 1 is 1.80 bits per heavy atom. The molecule has 0 unspecified atom stereocenters. The minimum atomic E-state index is -0.843. The van der Waals surface area contributed by atoms with Gasteiger partial charge >= 0.3 is 0 Å². The van der Waals surface area contributed by atoms with Gasteiger partial charge in [-0.1, -0.05) is 0 Å². The van der Waals surface area contributed by atoms with Gasteiger partial charge in [0, 0.05) is 6.20 Å². The molecule has 0 amide bonds. The summed E-state index contributed by atoms with van der Waals surface area (Å²) in [5.41, 5.74) is 8.87. The standard InChI is InChI=1S/C2H5FN2/c3-2(5)1-4/h1H,4-5H2/b2-1+. The maximum atomic E-state index is 10.9. The second-order valence-corrected chi connectivity index (χ2v) is 0.552. The third-order valence-corrected chi connectivity index (χ3v) is 0.159. The Kier molecular flexibility index (Phi) is 1.35. The lowest BCUT2D eigenvalue weighted by atomic mass is 10.9. The minimum Gasteiger partial charge on any atom is -0.401 e. The monoisotopic (exact) mass is 76.0 g/mol. The van der Waals surface area contributed by atoms with E-state index < -0.39 is 5.95 Å². The summed E-state index contributed by atoms with van der Waals surface area (Å²) < 4.78 is 10.9. The van der Waals surface area contributed by atoms with Crippen molar-refractivity contribution in [2.24, 2.45) is 11.5 Å². The van der Waals surface area contributed by atoms with Gasteiger partial charge in [0.25, 0.3) is 0 Å². The highest BCUT2D eigenvalue weighted by atomic mass is 19.1. The normalized spacial score (nSPS) is 11.8. The van der Waals surface area contributed by atoms with E-state index in [1.54, 1.807) is 0 Å². The fraction of sp³-hybridized carbons (Fsp3) is 0. The molecule has 0 spiro atoms. The molecule has 0 bridgehead atoms. The molecule has 0 fully saturated rings. The van der Waals surface area contributed by atoms with Crippen LogP contribution in [0.4, 0.5) is 4.39 Å². The Bertz CT molecular complexity index is 45.6. The van der Waals surface area contributed by atoms with Gasteiger partial charge in [-0.2, -0.15) is 4.39 Å². The van der Waals surface area contributed by atoms with Crippen molar-refractivity contribution in [3.63, 3.8) is 0 Å². The molecule has 0 aliphatic heterocycles. The summed E-state index contributed by atoms with van der Waals surface area (Å²) in [4.78, 5) is 0. The van der Waals surface area contributed by atoms with E-state index in [0.29, 0.717) is 6.20 Å². The SMILES string of the molecule is N/C=C(/N)F. The lowest BCUT2D eigenvalue weighted by molar-refractivity contribution is 0.623. The second-order valence-electron chi connectivity index (χ2n) is 0.552. The van der Waals surface area contributed by atoms with Crippen LogP contribution in [0.1, 0.15) is 0 Å². The molecule has 0 aromatic rings. The smallest absolute Gasteiger partial charge is 0.200 e. The third kappa shape index (κ3) is 3.27. The van der Waals surface area contributed by atoms with E-state index in [9.17, 15) is 4.39 Å². The molecule has 0 saturated heterocycles. The summed E-state index contributed by atoms with van der Waals surface area (Å²) in [5.74, 6) is -0.843. The number of halogens is 1. The first kappa shape index (κ1) is 4.27. The molecule has 0 rings (SSSR count). The first-order chi connectivity index (χ1) is 2.27. The highest BCUT2D eigenvalue weighted by Gasteiger charge is 1.67. The van der Waals surface area contributed by atoms with Crippen molar-refractivity contribution < 1.29 is 4.39 Å². The number of nitrogens with two attached hydrogens (primary N) is 2. The predicted molar refractivity (Wildman–Crippen MR) is 17.6 cm³/mol. The van der Waals surface area contributed by atoms with Gasteiger partial charge in [-0.15, -0.1) is 0 Å². The largest absolute Gasteiger partial charge is 0.401 e. The quantitative estimate of drug-likeness (QED) is 0.388. The van der Waals surface area contributed by atoms with Gasteiger partial charge in [0.1, 0.15) is 0 Å². The molecule has 0 atom stereocenters. The zero-order valence-electron chi connectivity index (χ0n) is 2.61. The lowest BCUT2D eigenvalue weighted by Crippen LogP contribution is -1.91. The molecule has 4 N–H and O–H groups in total. The first-order valence-electron chi connectivity index (χ1n) is 1.10. The Labute approximate surface area is 29.3 Å². The number of hydrogen-bond donors (Lipinski definition) is 2. The van der Waals surface area contributed by atoms with E-state index in [2.05, 4.69) is 11.5 Å². The highest BCUT2D eigenvalue weighted by Crippen LogP contribution is 1.71. The second kappa shape index (κ2) is 1.58. The van der Waals surface area contributed by atoms with Gasteiger partial charge in [-0.3, -0.25) is 0 Å². The number of rotatable bonds is 0. The maximum absolute atomic E-state index is 10.9. The average Bonchev–Trinajstić information content (AvgIpc) is 1.38. The van der Waals surface area contributed by atoms with Crippen LogP contribution in [0.2, 0.25) is 0 Å². The van der Waals surface area contributed by atoms with Crippen LogP contribution < -0.4 is 11.5 Å². The molecule has 0 radical (unpaired) electrons.